The van der Waals surface area contributed by atoms with E-state index >= 15 is 0 Å². The maximum Gasteiger partial charge on any atom is 0.303 e. The Kier molecular flexibility index (Phi) is 5.75. The fourth-order valence-corrected chi connectivity index (χ4v) is 2.22. The minimum absolute atomic E-state index is 0.0621. The molecular formula is C12H19N3O3S. The second kappa shape index (κ2) is 7.08. The molecule has 3 N–H and O–H groups in total. The van der Waals surface area contributed by atoms with Crippen molar-refractivity contribution in [3.8, 4) is 0 Å². The van der Waals surface area contributed by atoms with Crippen LogP contribution in [0.4, 0.5) is 5.13 Å². The van der Waals surface area contributed by atoms with Gasteiger partial charge in [0, 0.05) is 17.8 Å². The first kappa shape index (κ1) is 15.4. The van der Waals surface area contributed by atoms with Gasteiger partial charge in [0.05, 0.1) is 12.1 Å². The summed E-state index contributed by atoms with van der Waals surface area (Å²) in [6.45, 7) is 5.56. The molecule has 0 radical (unpaired) electrons. The van der Waals surface area contributed by atoms with Crippen molar-refractivity contribution in [1.82, 2.24) is 10.3 Å². The van der Waals surface area contributed by atoms with Gasteiger partial charge in [0.15, 0.2) is 5.13 Å². The Morgan fingerprint density at radius 3 is 2.68 bits per heavy atom. The fourth-order valence-electron chi connectivity index (χ4n) is 1.38. The molecule has 6 nitrogen and oxygen atoms in total. The van der Waals surface area contributed by atoms with Crippen LogP contribution in [-0.4, -0.2) is 34.1 Å². The number of carboxylic acid groups (broad SMARTS) is 1. The number of thiazole rings is 1. The minimum Gasteiger partial charge on any atom is -0.481 e. The Morgan fingerprint density at radius 2 is 2.11 bits per heavy atom. The lowest BCUT2D eigenvalue weighted by molar-refractivity contribution is -0.137. The molecule has 7 heteroatoms. The molecule has 0 aromatic carbocycles. The molecule has 106 valence electrons. The van der Waals surface area contributed by atoms with E-state index in [9.17, 15) is 9.59 Å². The van der Waals surface area contributed by atoms with Crippen LogP contribution in [0.2, 0.25) is 0 Å². The lowest BCUT2D eigenvalue weighted by Crippen LogP contribution is -2.40. The zero-order valence-corrected chi connectivity index (χ0v) is 12.1. The van der Waals surface area contributed by atoms with Gasteiger partial charge < -0.3 is 15.7 Å². The number of rotatable bonds is 7. The van der Waals surface area contributed by atoms with Crippen LogP contribution in [-0.2, 0) is 16.0 Å². The van der Waals surface area contributed by atoms with E-state index in [1.807, 2.05) is 13.8 Å². The summed E-state index contributed by atoms with van der Waals surface area (Å²) in [5.74, 6) is -0.926. The number of carboxylic acids is 1. The summed E-state index contributed by atoms with van der Waals surface area (Å²) in [5, 5.41) is 16.8. The van der Waals surface area contributed by atoms with Crippen LogP contribution < -0.4 is 10.6 Å². The molecule has 0 fully saturated rings. The van der Waals surface area contributed by atoms with Crippen molar-refractivity contribution in [2.24, 2.45) is 0 Å². The van der Waals surface area contributed by atoms with Crippen LogP contribution in [0.15, 0.2) is 5.38 Å². The molecular weight excluding hydrogens is 266 g/mol. The molecule has 19 heavy (non-hydrogen) atoms. The smallest absolute Gasteiger partial charge is 0.303 e. The van der Waals surface area contributed by atoms with Gasteiger partial charge in [-0.15, -0.1) is 11.3 Å². The zero-order valence-electron chi connectivity index (χ0n) is 11.3. The van der Waals surface area contributed by atoms with E-state index in [0.717, 1.165) is 5.69 Å². The molecule has 1 atom stereocenters. The first-order chi connectivity index (χ1) is 8.88. The average molecular weight is 285 g/mol. The topological polar surface area (TPSA) is 91.3 Å². The summed E-state index contributed by atoms with van der Waals surface area (Å²) in [6, 6.07) is -0.278. The van der Waals surface area contributed by atoms with Crippen LogP contribution >= 0.6 is 11.3 Å². The second-order valence-electron chi connectivity index (χ2n) is 4.57. The van der Waals surface area contributed by atoms with Crippen molar-refractivity contribution in [2.75, 3.05) is 5.32 Å². The number of aromatic nitrogens is 1. The molecule has 0 saturated carbocycles. The molecule has 0 aliphatic carbocycles. The molecule has 1 aromatic rings. The number of nitrogens with one attached hydrogen (secondary N) is 2. The molecule has 0 spiro atoms. The molecule has 0 bridgehead atoms. The first-order valence-corrected chi connectivity index (χ1v) is 6.99. The summed E-state index contributed by atoms with van der Waals surface area (Å²) in [5.41, 5.74) is 0.728. The van der Waals surface area contributed by atoms with E-state index in [1.165, 1.54) is 11.3 Å². The number of anilines is 1. The molecule has 1 unspecified atom stereocenters. The highest BCUT2D eigenvalue weighted by Gasteiger charge is 2.15. The summed E-state index contributed by atoms with van der Waals surface area (Å²) < 4.78 is 0. The highest BCUT2D eigenvalue weighted by Crippen LogP contribution is 2.17. The van der Waals surface area contributed by atoms with Crippen LogP contribution in [0.25, 0.3) is 0 Å². The standard InChI is InChI=1S/C12H19N3O3S/c1-7(2)13-11(18)8(3)14-12-15-9(6-19-12)4-5-10(16)17/h6-8H,4-5H2,1-3H3,(H,13,18)(H,14,15)(H,16,17). The van der Waals surface area contributed by atoms with Crippen LogP contribution in [0, 0.1) is 0 Å². The zero-order chi connectivity index (χ0) is 14.4. The van der Waals surface area contributed by atoms with Crippen molar-refractivity contribution in [1.29, 1.82) is 0 Å². The molecule has 1 amide bonds. The van der Waals surface area contributed by atoms with Crippen molar-refractivity contribution < 1.29 is 14.7 Å². The third-order valence-electron chi connectivity index (χ3n) is 2.31. The number of nitrogens with zero attached hydrogens (tertiary/aromatic N) is 1. The van der Waals surface area contributed by atoms with Gasteiger partial charge in [0.25, 0.3) is 0 Å². The summed E-state index contributed by atoms with van der Waals surface area (Å²) >= 11 is 1.37. The Labute approximate surface area is 116 Å². The first-order valence-electron chi connectivity index (χ1n) is 6.11. The van der Waals surface area contributed by atoms with E-state index in [0.29, 0.717) is 11.6 Å². The Morgan fingerprint density at radius 1 is 1.42 bits per heavy atom. The van der Waals surface area contributed by atoms with Crippen molar-refractivity contribution >= 4 is 28.3 Å². The number of hydrogen-bond donors (Lipinski definition) is 3. The lowest BCUT2D eigenvalue weighted by atomic mass is 10.2. The predicted octanol–water partition coefficient (Wildman–Crippen LogP) is 1.49. The van der Waals surface area contributed by atoms with Crippen molar-refractivity contribution in [3.63, 3.8) is 0 Å². The van der Waals surface area contributed by atoms with Gasteiger partial charge in [-0.2, -0.15) is 0 Å². The predicted molar refractivity (Wildman–Crippen MR) is 74.4 cm³/mol. The molecule has 0 saturated heterocycles. The number of hydrogen-bond acceptors (Lipinski definition) is 5. The maximum absolute atomic E-state index is 11.7. The number of amides is 1. The molecule has 0 aliphatic rings. The van der Waals surface area contributed by atoms with Gasteiger partial charge in [-0.3, -0.25) is 9.59 Å². The third kappa shape index (κ3) is 5.69. The third-order valence-corrected chi connectivity index (χ3v) is 3.13. The number of aryl methyl sites for hydroxylation is 1. The van der Waals surface area contributed by atoms with Crippen LogP contribution in [0.3, 0.4) is 0 Å². The Balaban J connectivity index is 2.48. The summed E-state index contributed by atoms with van der Waals surface area (Å²) in [7, 11) is 0. The Hall–Kier alpha value is -1.63. The molecule has 1 heterocycles. The van der Waals surface area contributed by atoms with Crippen LogP contribution in [0.5, 0.6) is 0 Å². The quantitative estimate of drug-likeness (QED) is 0.706. The Bertz CT molecular complexity index is 445. The summed E-state index contributed by atoms with van der Waals surface area (Å²) in [4.78, 5) is 26.4. The minimum atomic E-state index is -0.841. The van der Waals surface area contributed by atoms with E-state index in [4.69, 9.17) is 5.11 Å². The van der Waals surface area contributed by atoms with Gasteiger partial charge in [0.2, 0.25) is 5.91 Å². The maximum atomic E-state index is 11.7. The van der Waals surface area contributed by atoms with Crippen LogP contribution in [0.1, 0.15) is 32.9 Å². The monoisotopic (exact) mass is 285 g/mol. The van der Waals surface area contributed by atoms with Crippen molar-refractivity contribution in [3.05, 3.63) is 11.1 Å². The van der Waals surface area contributed by atoms with E-state index < -0.39 is 5.97 Å². The fraction of sp³-hybridized carbons (Fsp3) is 0.583. The number of carbonyl (C=O) groups is 2. The summed E-state index contributed by atoms with van der Waals surface area (Å²) in [6.07, 6.45) is 0.465. The lowest BCUT2D eigenvalue weighted by Gasteiger charge is -2.15. The highest BCUT2D eigenvalue weighted by atomic mass is 32.1. The molecule has 1 aromatic heterocycles. The average Bonchev–Trinajstić information content (AvgIpc) is 2.73. The largest absolute Gasteiger partial charge is 0.481 e. The van der Waals surface area contributed by atoms with E-state index in [2.05, 4.69) is 15.6 Å². The van der Waals surface area contributed by atoms with E-state index in [-0.39, 0.29) is 24.4 Å². The highest BCUT2D eigenvalue weighted by molar-refractivity contribution is 7.13. The van der Waals surface area contributed by atoms with Gasteiger partial charge >= 0.3 is 5.97 Å². The normalized spacial score (nSPS) is 12.2. The van der Waals surface area contributed by atoms with Gasteiger partial charge in [-0.1, -0.05) is 0 Å². The molecule has 1 rings (SSSR count). The number of aliphatic carboxylic acids is 1. The SMILES string of the molecule is CC(C)NC(=O)C(C)Nc1nc(CCC(=O)O)cs1. The van der Waals surface area contributed by atoms with E-state index in [1.54, 1.807) is 12.3 Å². The van der Waals surface area contributed by atoms with Crippen molar-refractivity contribution in [2.45, 2.75) is 45.7 Å². The second-order valence-corrected chi connectivity index (χ2v) is 5.43. The number of carbonyl (C=O) groups excluding carboxylic acids is 1. The van der Waals surface area contributed by atoms with Gasteiger partial charge in [-0.25, -0.2) is 4.98 Å². The van der Waals surface area contributed by atoms with Gasteiger partial charge in [-0.05, 0) is 20.8 Å². The van der Waals surface area contributed by atoms with Gasteiger partial charge in [0.1, 0.15) is 6.04 Å². The molecule has 0 aliphatic heterocycles.